The lowest BCUT2D eigenvalue weighted by molar-refractivity contribution is 0.140. The highest BCUT2D eigenvalue weighted by Crippen LogP contribution is 2.19. The Labute approximate surface area is 127 Å². The van der Waals surface area contributed by atoms with E-state index in [9.17, 15) is 0 Å². The van der Waals surface area contributed by atoms with Gasteiger partial charge in [-0.2, -0.15) is 0 Å². The van der Waals surface area contributed by atoms with Crippen LogP contribution >= 0.6 is 0 Å². The van der Waals surface area contributed by atoms with Gasteiger partial charge in [-0.3, -0.25) is 4.90 Å². The van der Waals surface area contributed by atoms with Crippen LogP contribution in [-0.2, 0) is 6.54 Å². The third-order valence-corrected chi connectivity index (χ3v) is 4.43. The van der Waals surface area contributed by atoms with Crippen molar-refractivity contribution in [2.75, 3.05) is 27.2 Å². The molecule has 1 aromatic rings. The molecule has 1 aliphatic heterocycles. The summed E-state index contributed by atoms with van der Waals surface area (Å²) in [6.07, 6.45) is 2.46. The molecule has 1 aliphatic rings. The number of benzene rings is 1. The first-order valence-electron chi connectivity index (χ1n) is 7.47. The summed E-state index contributed by atoms with van der Waals surface area (Å²) >= 11 is 0. The van der Waals surface area contributed by atoms with Crippen LogP contribution in [0.2, 0.25) is 0 Å². The van der Waals surface area contributed by atoms with Gasteiger partial charge < -0.3 is 15.8 Å². The molecule has 116 valence electrons. The van der Waals surface area contributed by atoms with Gasteiger partial charge in [-0.1, -0.05) is 17.3 Å². The first-order valence-corrected chi connectivity index (χ1v) is 7.47. The Hall–Kier alpha value is -1.59. The maximum atomic E-state index is 8.73. The Morgan fingerprint density at radius 1 is 1.38 bits per heavy atom. The smallest absolute Gasteiger partial charge is 0.170 e. The Kier molecular flexibility index (Phi) is 5.20. The van der Waals surface area contributed by atoms with Gasteiger partial charge in [-0.25, -0.2) is 0 Å². The van der Waals surface area contributed by atoms with Gasteiger partial charge >= 0.3 is 0 Å². The van der Waals surface area contributed by atoms with Crippen LogP contribution in [0.1, 0.15) is 29.5 Å². The lowest BCUT2D eigenvalue weighted by atomic mass is 10.0. The second-order valence-electron chi connectivity index (χ2n) is 6.10. The van der Waals surface area contributed by atoms with Gasteiger partial charge in [0.2, 0.25) is 0 Å². The molecule has 2 rings (SSSR count). The maximum absolute atomic E-state index is 8.73. The average molecular weight is 290 g/mol. The summed E-state index contributed by atoms with van der Waals surface area (Å²) in [6, 6.07) is 6.70. The van der Waals surface area contributed by atoms with E-state index < -0.39 is 0 Å². The molecule has 1 fully saturated rings. The zero-order valence-corrected chi connectivity index (χ0v) is 13.2. The van der Waals surface area contributed by atoms with Crippen molar-refractivity contribution < 1.29 is 5.21 Å². The van der Waals surface area contributed by atoms with E-state index in [-0.39, 0.29) is 5.84 Å². The molecule has 0 atom stereocenters. The van der Waals surface area contributed by atoms with Crippen molar-refractivity contribution in [3.63, 3.8) is 0 Å². The molecule has 0 spiro atoms. The van der Waals surface area contributed by atoms with Gasteiger partial charge in [0, 0.05) is 18.2 Å². The number of hydrogen-bond acceptors (Lipinski definition) is 4. The number of aryl methyl sites for hydroxylation is 1. The fraction of sp³-hybridized carbons (Fsp3) is 0.562. The van der Waals surface area contributed by atoms with Crippen LogP contribution in [0.25, 0.3) is 0 Å². The Balaban J connectivity index is 1.98. The minimum Gasteiger partial charge on any atom is -0.409 e. The lowest BCUT2D eigenvalue weighted by Gasteiger charge is -2.35. The molecule has 0 unspecified atom stereocenters. The summed E-state index contributed by atoms with van der Waals surface area (Å²) in [4.78, 5) is 4.83. The molecule has 0 amide bonds. The highest BCUT2D eigenvalue weighted by molar-refractivity contribution is 5.97. The van der Waals surface area contributed by atoms with Crippen LogP contribution < -0.4 is 5.73 Å². The second-order valence-corrected chi connectivity index (χ2v) is 6.10. The van der Waals surface area contributed by atoms with E-state index in [4.69, 9.17) is 10.9 Å². The van der Waals surface area contributed by atoms with Gasteiger partial charge in [0.25, 0.3) is 0 Å². The van der Waals surface area contributed by atoms with Crippen LogP contribution in [0.3, 0.4) is 0 Å². The number of piperidine rings is 1. The van der Waals surface area contributed by atoms with Crippen LogP contribution in [0, 0.1) is 6.92 Å². The molecule has 1 heterocycles. The van der Waals surface area contributed by atoms with Crippen LogP contribution in [-0.4, -0.2) is 54.1 Å². The Morgan fingerprint density at radius 3 is 2.57 bits per heavy atom. The van der Waals surface area contributed by atoms with Crippen molar-refractivity contribution in [3.05, 3.63) is 34.9 Å². The fourth-order valence-electron chi connectivity index (χ4n) is 2.93. The highest BCUT2D eigenvalue weighted by Gasteiger charge is 2.20. The molecular weight excluding hydrogens is 264 g/mol. The predicted octanol–water partition coefficient (Wildman–Crippen LogP) is 1.62. The molecule has 0 aliphatic carbocycles. The topological polar surface area (TPSA) is 65.1 Å². The van der Waals surface area contributed by atoms with Crippen molar-refractivity contribution in [2.24, 2.45) is 10.9 Å². The lowest BCUT2D eigenvalue weighted by Crippen LogP contribution is -2.41. The number of rotatable bonds is 4. The first-order chi connectivity index (χ1) is 10.0. The van der Waals surface area contributed by atoms with Gasteiger partial charge in [0.15, 0.2) is 5.84 Å². The number of hydrogen-bond donors (Lipinski definition) is 2. The molecular formula is C16H26N4O. The maximum Gasteiger partial charge on any atom is 0.170 e. The predicted molar refractivity (Wildman–Crippen MR) is 85.7 cm³/mol. The average Bonchev–Trinajstić information content (AvgIpc) is 2.49. The quantitative estimate of drug-likeness (QED) is 0.383. The largest absolute Gasteiger partial charge is 0.409 e. The molecule has 1 aromatic carbocycles. The number of likely N-dealkylation sites (tertiary alicyclic amines) is 1. The van der Waals surface area contributed by atoms with Crippen molar-refractivity contribution >= 4 is 5.84 Å². The standard InChI is InChI=1S/C16H26N4O/c1-12-10-13(16(17)18-21)4-5-14(12)11-20-8-6-15(7-9-20)19(2)3/h4-5,10,15,21H,6-9,11H2,1-3H3,(H2,17,18). The second kappa shape index (κ2) is 6.91. The summed E-state index contributed by atoms with van der Waals surface area (Å²) in [6.45, 7) is 5.34. The zero-order valence-electron chi connectivity index (χ0n) is 13.2. The van der Waals surface area contributed by atoms with Crippen LogP contribution in [0.5, 0.6) is 0 Å². The van der Waals surface area contributed by atoms with E-state index in [0.29, 0.717) is 6.04 Å². The molecule has 0 aromatic heterocycles. The molecule has 5 heteroatoms. The number of nitrogens with two attached hydrogens (primary N) is 1. The summed E-state index contributed by atoms with van der Waals surface area (Å²) in [5.74, 6) is 0.163. The molecule has 21 heavy (non-hydrogen) atoms. The van der Waals surface area contributed by atoms with E-state index in [0.717, 1.165) is 25.2 Å². The third kappa shape index (κ3) is 3.95. The zero-order chi connectivity index (χ0) is 15.4. The number of oxime groups is 1. The van der Waals surface area contributed by atoms with E-state index in [1.807, 2.05) is 12.1 Å². The SMILES string of the molecule is Cc1cc(/C(N)=N/O)ccc1CN1CCC(N(C)C)CC1. The van der Waals surface area contributed by atoms with Gasteiger partial charge in [0.1, 0.15) is 0 Å². The minimum absolute atomic E-state index is 0.163. The normalized spacial score (nSPS) is 18.4. The highest BCUT2D eigenvalue weighted by atomic mass is 16.4. The third-order valence-electron chi connectivity index (χ3n) is 4.43. The first kappa shape index (κ1) is 15.8. The summed E-state index contributed by atoms with van der Waals surface area (Å²) in [5, 5.41) is 11.8. The van der Waals surface area contributed by atoms with Gasteiger partial charge in [-0.05, 0) is 64.1 Å². The molecule has 3 N–H and O–H groups in total. The van der Waals surface area contributed by atoms with E-state index in [2.05, 4.69) is 42.0 Å². The molecule has 0 saturated carbocycles. The van der Waals surface area contributed by atoms with Crippen LogP contribution in [0.4, 0.5) is 0 Å². The monoisotopic (exact) mass is 290 g/mol. The fourth-order valence-corrected chi connectivity index (χ4v) is 2.93. The van der Waals surface area contributed by atoms with Gasteiger partial charge in [-0.15, -0.1) is 0 Å². The van der Waals surface area contributed by atoms with E-state index >= 15 is 0 Å². The van der Waals surface area contributed by atoms with E-state index in [1.165, 1.54) is 24.0 Å². The summed E-state index contributed by atoms with van der Waals surface area (Å²) in [7, 11) is 4.33. The summed E-state index contributed by atoms with van der Waals surface area (Å²) in [5.41, 5.74) is 8.90. The Morgan fingerprint density at radius 2 is 2.05 bits per heavy atom. The van der Waals surface area contributed by atoms with Crippen molar-refractivity contribution in [2.45, 2.75) is 32.4 Å². The van der Waals surface area contributed by atoms with Crippen molar-refractivity contribution in [1.82, 2.24) is 9.80 Å². The summed E-state index contributed by atoms with van der Waals surface area (Å²) < 4.78 is 0. The Bertz CT molecular complexity index is 505. The number of nitrogens with zero attached hydrogens (tertiary/aromatic N) is 3. The molecule has 0 bridgehead atoms. The van der Waals surface area contributed by atoms with Crippen LogP contribution in [0.15, 0.2) is 23.4 Å². The van der Waals surface area contributed by atoms with E-state index in [1.54, 1.807) is 0 Å². The van der Waals surface area contributed by atoms with Gasteiger partial charge in [0.05, 0.1) is 0 Å². The molecule has 0 radical (unpaired) electrons. The van der Waals surface area contributed by atoms with Crippen molar-refractivity contribution in [3.8, 4) is 0 Å². The number of amidine groups is 1. The minimum atomic E-state index is 0.163. The molecule has 1 saturated heterocycles. The molecule has 5 nitrogen and oxygen atoms in total. The van der Waals surface area contributed by atoms with Crippen molar-refractivity contribution in [1.29, 1.82) is 0 Å².